The maximum atomic E-state index is 10.6. The molecular formula is C23H29O3Se-. The van der Waals surface area contributed by atoms with Gasteiger partial charge in [-0.05, 0) is 0 Å². The van der Waals surface area contributed by atoms with E-state index in [0.29, 0.717) is 12.2 Å². The number of hydrogen-bond donors (Lipinski definition) is 0. The van der Waals surface area contributed by atoms with E-state index in [-0.39, 0.29) is 25.8 Å². The summed E-state index contributed by atoms with van der Waals surface area (Å²) in [6.45, 7) is 13.7. The Kier molecular flexibility index (Phi) is 6.84. The second-order valence-corrected chi connectivity index (χ2v) is 10.2. The van der Waals surface area contributed by atoms with Crippen LogP contribution in [0.5, 0.6) is 5.75 Å². The van der Waals surface area contributed by atoms with Crippen LogP contribution in [-0.4, -0.2) is 27.5 Å². The summed E-state index contributed by atoms with van der Waals surface area (Å²) >= 11 is -0.114. The van der Waals surface area contributed by atoms with Gasteiger partial charge in [-0.3, -0.25) is 0 Å². The molecule has 0 radical (unpaired) electrons. The summed E-state index contributed by atoms with van der Waals surface area (Å²) in [5, 5.41) is 10.6. The van der Waals surface area contributed by atoms with Gasteiger partial charge in [0.25, 0.3) is 0 Å². The average Bonchev–Trinajstić information content (AvgIpc) is 2.56. The number of ether oxygens (including phenoxy) is 1. The Bertz CT molecular complexity index is 807. The molecule has 27 heavy (non-hydrogen) atoms. The third kappa shape index (κ3) is 5.41. The Balaban J connectivity index is 2.47. The van der Waals surface area contributed by atoms with Crippen molar-refractivity contribution in [2.24, 2.45) is 0 Å². The van der Waals surface area contributed by atoms with Gasteiger partial charge in [0.15, 0.2) is 0 Å². The SMILES string of the molecule is CCCOc1cc2c(cc1[Se]C#C/C(C)=C/C(=O)[O-])C(C)(C)CCC2(C)C. The summed E-state index contributed by atoms with van der Waals surface area (Å²) in [6, 6.07) is 4.52. The van der Waals surface area contributed by atoms with Crippen LogP contribution in [0.15, 0.2) is 23.8 Å². The molecule has 0 heterocycles. The zero-order valence-electron chi connectivity index (χ0n) is 17.2. The summed E-state index contributed by atoms with van der Waals surface area (Å²) in [5.41, 5.74) is 3.55. The van der Waals surface area contributed by atoms with E-state index in [1.807, 2.05) is 0 Å². The van der Waals surface area contributed by atoms with E-state index in [9.17, 15) is 9.90 Å². The topological polar surface area (TPSA) is 49.4 Å². The molecule has 0 aromatic heterocycles. The Labute approximate surface area is 169 Å². The zero-order valence-corrected chi connectivity index (χ0v) is 18.9. The first kappa shape index (κ1) is 21.6. The van der Waals surface area contributed by atoms with Gasteiger partial charge in [0, 0.05) is 0 Å². The molecule has 0 fully saturated rings. The Morgan fingerprint density at radius 2 is 1.81 bits per heavy atom. The van der Waals surface area contributed by atoms with Crippen LogP contribution in [0.4, 0.5) is 0 Å². The number of hydrogen-bond acceptors (Lipinski definition) is 3. The normalized spacial score (nSPS) is 17.5. The Morgan fingerprint density at radius 3 is 2.37 bits per heavy atom. The molecule has 0 saturated carbocycles. The van der Waals surface area contributed by atoms with E-state index in [1.165, 1.54) is 11.1 Å². The van der Waals surface area contributed by atoms with Crippen molar-refractivity contribution < 1.29 is 14.6 Å². The van der Waals surface area contributed by atoms with E-state index in [4.69, 9.17) is 4.74 Å². The number of carboxylic acids is 1. The van der Waals surface area contributed by atoms with Crippen LogP contribution in [0.1, 0.15) is 71.9 Å². The van der Waals surface area contributed by atoms with Crippen molar-refractivity contribution in [3.63, 3.8) is 0 Å². The number of carbonyl (C=O) groups is 1. The molecule has 0 spiro atoms. The van der Waals surface area contributed by atoms with E-state index in [0.717, 1.165) is 35.5 Å². The van der Waals surface area contributed by atoms with Gasteiger partial charge in [0.2, 0.25) is 0 Å². The van der Waals surface area contributed by atoms with Gasteiger partial charge in [0.1, 0.15) is 0 Å². The molecule has 1 aliphatic rings. The fraction of sp³-hybridized carbons (Fsp3) is 0.522. The Morgan fingerprint density at radius 1 is 1.22 bits per heavy atom. The van der Waals surface area contributed by atoms with Crippen LogP contribution < -0.4 is 14.3 Å². The van der Waals surface area contributed by atoms with Crippen LogP contribution in [0.2, 0.25) is 0 Å². The van der Waals surface area contributed by atoms with Crippen LogP contribution in [0, 0.1) is 10.7 Å². The number of aliphatic carboxylic acids is 1. The first-order valence-corrected chi connectivity index (χ1v) is 11.2. The van der Waals surface area contributed by atoms with Crippen molar-refractivity contribution in [2.75, 3.05) is 6.61 Å². The van der Waals surface area contributed by atoms with Gasteiger partial charge < -0.3 is 0 Å². The molecular weight excluding hydrogens is 403 g/mol. The van der Waals surface area contributed by atoms with Crippen molar-refractivity contribution in [1.29, 1.82) is 0 Å². The minimum atomic E-state index is -1.21. The standard InChI is InChI=1S/C23H30O3Se/c1-7-11-26-19-14-17-18(23(5,6)10-9-22(17,3)4)15-20(19)27-12-8-16(2)13-21(24)25/h13-15H,7,9-11H2,1-6H3,(H,24,25)/p-1/b16-13+. The predicted octanol–water partition coefficient (Wildman–Crippen LogP) is 2.81. The summed E-state index contributed by atoms with van der Waals surface area (Å²) in [5.74, 6) is 2.64. The molecule has 0 bridgehead atoms. The molecule has 0 N–H and O–H groups in total. The molecule has 1 aliphatic carbocycles. The van der Waals surface area contributed by atoms with E-state index >= 15 is 0 Å². The monoisotopic (exact) mass is 433 g/mol. The number of carboxylic acid groups (broad SMARTS) is 1. The van der Waals surface area contributed by atoms with Crippen molar-refractivity contribution in [3.8, 4) is 16.5 Å². The van der Waals surface area contributed by atoms with Crippen molar-refractivity contribution >= 4 is 25.4 Å². The maximum absolute atomic E-state index is 10.6. The molecule has 2 rings (SSSR count). The second-order valence-electron chi connectivity index (χ2n) is 8.44. The van der Waals surface area contributed by atoms with Crippen LogP contribution >= 0.6 is 0 Å². The van der Waals surface area contributed by atoms with E-state index in [1.54, 1.807) is 6.92 Å². The number of benzene rings is 1. The molecule has 0 atom stereocenters. The zero-order chi connectivity index (χ0) is 20.2. The molecule has 0 unspecified atom stereocenters. The quantitative estimate of drug-likeness (QED) is 0.409. The molecule has 1 aromatic carbocycles. The number of allylic oxidation sites excluding steroid dienone is 1. The predicted molar refractivity (Wildman–Crippen MR) is 109 cm³/mol. The molecule has 0 aliphatic heterocycles. The van der Waals surface area contributed by atoms with Gasteiger partial charge in [0.05, 0.1) is 0 Å². The van der Waals surface area contributed by atoms with Crippen LogP contribution in [0.25, 0.3) is 0 Å². The van der Waals surface area contributed by atoms with Gasteiger partial charge in [-0.25, -0.2) is 0 Å². The first-order valence-electron chi connectivity index (χ1n) is 9.46. The number of carbonyl (C=O) groups excluding carboxylic acids is 1. The third-order valence-electron chi connectivity index (χ3n) is 5.12. The van der Waals surface area contributed by atoms with Crippen LogP contribution in [-0.2, 0) is 15.6 Å². The fourth-order valence-electron chi connectivity index (χ4n) is 3.35. The van der Waals surface area contributed by atoms with Gasteiger partial charge in [-0.1, -0.05) is 0 Å². The number of fused-ring (bicyclic) bond motifs is 1. The summed E-state index contributed by atoms with van der Waals surface area (Å²) in [7, 11) is 0. The average molecular weight is 432 g/mol. The summed E-state index contributed by atoms with van der Waals surface area (Å²) < 4.78 is 7.20. The molecule has 4 heteroatoms. The van der Waals surface area contributed by atoms with Crippen LogP contribution in [0.3, 0.4) is 0 Å². The number of rotatable bonds is 5. The summed E-state index contributed by atoms with van der Waals surface area (Å²) in [6.07, 6.45) is 4.32. The minimum absolute atomic E-state index is 0.114. The van der Waals surface area contributed by atoms with Crippen molar-refractivity contribution in [3.05, 3.63) is 34.9 Å². The van der Waals surface area contributed by atoms with Gasteiger partial charge in [-0.15, -0.1) is 0 Å². The molecule has 0 amide bonds. The molecule has 3 nitrogen and oxygen atoms in total. The van der Waals surface area contributed by atoms with E-state index in [2.05, 4.69) is 57.5 Å². The first-order chi connectivity index (χ1) is 12.6. The molecule has 146 valence electrons. The van der Waals surface area contributed by atoms with Gasteiger partial charge >= 0.3 is 170 Å². The van der Waals surface area contributed by atoms with Crippen molar-refractivity contribution in [2.45, 2.75) is 71.6 Å². The van der Waals surface area contributed by atoms with E-state index < -0.39 is 5.97 Å². The molecule has 1 aromatic rings. The third-order valence-corrected chi connectivity index (χ3v) is 6.68. The fourth-order valence-corrected chi connectivity index (χ4v) is 4.86. The second kappa shape index (κ2) is 8.55. The molecule has 0 saturated heterocycles. The van der Waals surface area contributed by atoms with Gasteiger partial charge in [-0.2, -0.15) is 0 Å². The Hall–Kier alpha value is -1.69. The summed E-state index contributed by atoms with van der Waals surface area (Å²) in [4.78, 5) is 13.8. The van der Waals surface area contributed by atoms with Crippen molar-refractivity contribution in [1.82, 2.24) is 0 Å².